The molecule has 0 spiro atoms. The van der Waals surface area contributed by atoms with Crippen molar-refractivity contribution in [3.8, 4) is 6.07 Å². The molecule has 0 amide bonds. The summed E-state index contributed by atoms with van der Waals surface area (Å²) in [6.45, 7) is 24.8. The van der Waals surface area contributed by atoms with E-state index in [1.165, 1.54) is 6.33 Å². The normalized spacial score (nSPS) is 25.9. The Kier molecular flexibility index (Phi) is 7.40. The van der Waals surface area contributed by atoms with Gasteiger partial charge in [0, 0.05) is 24.2 Å². The van der Waals surface area contributed by atoms with Crippen LogP contribution in [0.15, 0.2) is 6.33 Å². The summed E-state index contributed by atoms with van der Waals surface area (Å²) in [5, 5.41) is 9.75. The van der Waals surface area contributed by atoms with Crippen LogP contribution in [0.25, 0.3) is 11.2 Å². The number of hydrogen-bond acceptors (Lipinski definition) is 9. The molecule has 0 aliphatic carbocycles. The maximum atomic E-state index is 10.2. The maximum absolute atomic E-state index is 10.2. The fraction of sp³-hybridized carbons (Fsp3) is 0.778. The second-order valence-corrected chi connectivity index (χ2v) is 24.1. The van der Waals surface area contributed by atoms with Crippen LogP contribution in [0.2, 0.25) is 28.2 Å². The smallest absolute Gasteiger partial charge is 0.349 e. The van der Waals surface area contributed by atoms with Gasteiger partial charge < -0.3 is 22.9 Å². The Balaban J connectivity index is 1.90. The number of rotatable bonds is 4. The fourth-order valence-corrected chi connectivity index (χ4v) is 12.0. The zero-order valence-electron chi connectivity index (χ0n) is 25.9. The van der Waals surface area contributed by atoms with Crippen LogP contribution < -0.4 is 4.90 Å². The Morgan fingerprint density at radius 1 is 1.08 bits per heavy atom. The SMILES string of the molecule is CN(C)c1ncnc2c1nc(C#N)n2[C@@H]1O[C@@H]2CO[Si](C(C)(C)C)(C(C)(C)C)O[C@H]2[C@H]1O[Si](C)(C)C(C)(C)C. The molecule has 0 aromatic carbocycles. The summed E-state index contributed by atoms with van der Waals surface area (Å²) in [4.78, 5) is 15.5. The molecule has 0 unspecified atom stereocenters. The third-order valence-corrected chi connectivity index (χ3v) is 18.1. The molecule has 2 aromatic rings. The second kappa shape index (κ2) is 9.60. The van der Waals surface area contributed by atoms with E-state index in [1.807, 2.05) is 19.0 Å². The largest absolute Gasteiger partial charge is 0.407 e. The van der Waals surface area contributed by atoms with Crippen LogP contribution >= 0.6 is 0 Å². The molecule has 0 N–H and O–H groups in total. The van der Waals surface area contributed by atoms with Crippen LogP contribution in [-0.2, 0) is 18.0 Å². The highest BCUT2D eigenvalue weighted by molar-refractivity contribution is 6.74. The molecule has 0 radical (unpaired) electrons. The van der Waals surface area contributed by atoms with E-state index in [-0.39, 0.29) is 33.1 Å². The van der Waals surface area contributed by atoms with Gasteiger partial charge in [-0.15, -0.1) is 0 Å². The van der Waals surface area contributed by atoms with Crippen LogP contribution in [0.5, 0.6) is 0 Å². The minimum Gasteiger partial charge on any atom is -0.407 e. The van der Waals surface area contributed by atoms with Crippen molar-refractivity contribution in [2.45, 2.75) is 115 Å². The predicted molar refractivity (Wildman–Crippen MR) is 156 cm³/mol. The minimum absolute atomic E-state index is 0.0430. The van der Waals surface area contributed by atoms with Crippen molar-refractivity contribution in [3.63, 3.8) is 0 Å². The molecule has 2 fully saturated rings. The standard InChI is InChI=1S/C27H46N6O4Si2/c1-25(2,3)38(12,13)36-21-20-17(15-34-39(37-20,26(4,5)6)27(7,8)9)35-24(21)33-18(14-28)31-19-22(32(10)11)29-16-30-23(19)33/h16-17,20-21,24H,15H2,1-13H3/t17-,20-,21-,24-/m1/s1. The van der Waals surface area contributed by atoms with Crippen molar-refractivity contribution >= 4 is 33.9 Å². The molecular formula is C27H46N6O4Si2. The van der Waals surface area contributed by atoms with Crippen molar-refractivity contribution in [1.29, 1.82) is 5.26 Å². The summed E-state index contributed by atoms with van der Waals surface area (Å²) < 4.78 is 29.6. The number of hydrogen-bond donors (Lipinski definition) is 0. The van der Waals surface area contributed by atoms with E-state index in [9.17, 15) is 5.26 Å². The highest BCUT2D eigenvalue weighted by Gasteiger charge is 2.66. The monoisotopic (exact) mass is 574 g/mol. The summed E-state index contributed by atoms with van der Waals surface area (Å²) in [5.74, 6) is 0.844. The molecule has 39 heavy (non-hydrogen) atoms. The van der Waals surface area contributed by atoms with E-state index in [4.69, 9.17) is 18.0 Å². The summed E-state index contributed by atoms with van der Waals surface area (Å²) >= 11 is 0. The van der Waals surface area contributed by atoms with Crippen molar-refractivity contribution < 1.29 is 18.0 Å². The highest BCUT2D eigenvalue weighted by Crippen LogP contribution is 2.56. The Bertz CT molecular complexity index is 1250. The van der Waals surface area contributed by atoms with Crippen LogP contribution in [0.3, 0.4) is 0 Å². The average Bonchev–Trinajstić information content (AvgIpc) is 3.33. The van der Waals surface area contributed by atoms with E-state index in [0.717, 1.165) is 0 Å². The average molecular weight is 575 g/mol. The van der Waals surface area contributed by atoms with Gasteiger partial charge in [0.15, 0.2) is 31.5 Å². The lowest BCUT2D eigenvalue weighted by Crippen LogP contribution is -2.66. The third-order valence-electron chi connectivity index (χ3n) is 8.49. The van der Waals surface area contributed by atoms with Gasteiger partial charge in [-0.1, -0.05) is 62.3 Å². The lowest BCUT2D eigenvalue weighted by molar-refractivity contribution is -0.0796. The van der Waals surface area contributed by atoms with Crippen LogP contribution in [0.1, 0.15) is 74.4 Å². The van der Waals surface area contributed by atoms with Gasteiger partial charge in [-0.25, -0.2) is 15.0 Å². The van der Waals surface area contributed by atoms with Crippen LogP contribution in [0.4, 0.5) is 5.82 Å². The summed E-state index contributed by atoms with van der Waals surface area (Å²) in [7, 11) is -1.33. The van der Waals surface area contributed by atoms with Gasteiger partial charge in [0.2, 0.25) is 5.82 Å². The Morgan fingerprint density at radius 3 is 2.21 bits per heavy atom. The first-order valence-electron chi connectivity index (χ1n) is 13.7. The Labute approximate surface area is 235 Å². The topological polar surface area (TPSA) is 108 Å². The van der Waals surface area contributed by atoms with E-state index in [0.29, 0.717) is 23.6 Å². The quantitative estimate of drug-likeness (QED) is 0.437. The molecule has 2 saturated heterocycles. The molecule has 2 aromatic heterocycles. The van der Waals surface area contributed by atoms with E-state index < -0.39 is 29.2 Å². The van der Waals surface area contributed by atoms with Gasteiger partial charge in [0.25, 0.3) is 0 Å². The molecule has 0 bridgehead atoms. The number of aromatic nitrogens is 4. The zero-order chi connectivity index (χ0) is 29.3. The number of imidazole rings is 1. The minimum atomic E-state index is -2.82. The van der Waals surface area contributed by atoms with Crippen molar-refractivity contribution in [1.82, 2.24) is 19.5 Å². The Morgan fingerprint density at radius 2 is 1.69 bits per heavy atom. The molecule has 216 valence electrons. The van der Waals surface area contributed by atoms with Gasteiger partial charge in [-0.05, 0) is 18.1 Å². The fourth-order valence-electron chi connectivity index (χ4n) is 5.72. The molecule has 2 aliphatic rings. The van der Waals surface area contributed by atoms with Crippen molar-refractivity contribution in [2.24, 2.45) is 0 Å². The molecule has 10 nitrogen and oxygen atoms in total. The van der Waals surface area contributed by atoms with Gasteiger partial charge in [0.1, 0.15) is 30.7 Å². The summed E-state index contributed by atoms with van der Waals surface area (Å²) in [6.07, 6.45) is -0.346. The number of nitriles is 1. The molecule has 4 rings (SSSR count). The van der Waals surface area contributed by atoms with Crippen LogP contribution in [0, 0.1) is 11.3 Å². The third kappa shape index (κ3) is 4.85. The van der Waals surface area contributed by atoms with Crippen molar-refractivity contribution in [3.05, 3.63) is 12.2 Å². The Hall–Kier alpha value is -1.89. The first kappa shape index (κ1) is 30.1. The first-order valence-corrected chi connectivity index (χ1v) is 18.4. The van der Waals surface area contributed by atoms with Crippen molar-refractivity contribution in [2.75, 3.05) is 25.6 Å². The second-order valence-electron chi connectivity index (χ2n) is 14.6. The molecule has 12 heteroatoms. The van der Waals surface area contributed by atoms with Gasteiger partial charge in [-0.2, -0.15) is 5.26 Å². The molecule has 4 heterocycles. The number of ether oxygens (including phenoxy) is 1. The van der Waals surface area contributed by atoms with Crippen LogP contribution in [-0.4, -0.2) is 75.4 Å². The number of nitrogens with zero attached hydrogens (tertiary/aromatic N) is 6. The first-order chi connectivity index (χ1) is 17.8. The lowest BCUT2D eigenvalue weighted by atomic mass is 10.1. The molecular weight excluding hydrogens is 529 g/mol. The van der Waals surface area contributed by atoms with Gasteiger partial charge >= 0.3 is 8.56 Å². The predicted octanol–water partition coefficient (Wildman–Crippen LogP) is 5.51. The zero-order valence-corrected chi connectivity index (χ0v) is 27.9. The number of fused-ring (bicyclic) bond motifs is 2. The summed E-state index contributed by atoms with van der Waals surface area (Å²) in [6, 6.07) is 2.27. The molecule has 2 aliphatic heterocycles. The highest BCUT2D eigenvalue weighted by atomic mass is 28.4. The maximum Gasteiger partial charge on any atom is 0.349 e. The molecule has 4 atom stereocenters. The van der Waals surface area contributed by atoms with E-state index >= 15 is 0 Å². The van der Waals surface area contributed by atoms with Gasteiger partial charge in [0.05, 0.1) is 6.61 Å². The van der Waals surface area contributed by atoms with E-state index in [1.54, 1.807) is 4.57 Å². The van der Waals surface area contributed by atoms with E-state index in [2.05, 4.69) is 96.4 Å². The lowest BCUT2D eigenvalue weighted by Gasteiger charge is -2.54. The summed E-state index contributed by atoms with van der Waals surface area (Å²) in [5.41, 5.74) is 1.09. The van der Waals surface area contributed by atoms with Gasteiger partial charge in [-0.3, -0.25) is 4.57 Å². The molecule has 0 saturated carbocycles. The number of anilines is 1.